The minimum absolute atomic E-state index is 0. The third-order valence-corrected chi connectivity index (χ3v) is 6.05. The number of hydrogen-bond acceptors (Lipinski definition) is 5. The molecular weight excluding hydrogens is 482 g/mol. The number of ether oxygens (including phenoxy) is 1. The first-order valence-electron chi connectivity index (χ1n) is 11.9. The summed E-state index contributed by atoms with van der Waals surface area (Å²) in [5.41, 5.74) is 4.04. The van der Waals surface area contributed by atoms with Gasteiger partial charge < -0.3 is 24.7 Å². The number of aromatic nitrogens is 2. The Kier molecular flexibility index (Phi) is 9.30. The lowest BCUT2D eigenvalue weighted by Gasteiger charge is -2.23. The van der Waals surface area contributed by atoms with Crippen LogP contribution in [-0.2, 0) is 16.0 Å². The van der Waals surface area contributed by atoms with Crippen molar-refractivity contribution in [2.24, 2.45) is 0 Å². The first kappa shape index (κ1) is 27.0. The van der Waals surface area contributed by atoms with E-state index in [1.807, 2.05) is 42.6 Å². The fourth-order valence-electron chi connectivity index (χ4n) is 4.18. The molecule has 1 aliphatic rings. The van der Waals surface area contributed by atoms with Gasteiger partial charge in [0.25, 0.3) is 5.91 Å². The highest BCUT2D eigenvalue weighted by molar-refractivity contribution is 5.97. The SMILES string of the molecule is Cc1ccc2c(c1)C(=O)NCCN(C(=O)Cc1cnc3c(C)cccn13)CCCC(=O)NCCO2.Cl. The van der Waals surface area contributed by atoms with Crippen molar-refractivity contribution in [3.8, 4) is 5.75 Å². The van der Waals surface area contributed by atoms with Gasteiger partial charge in [-0.1, -0.05) is 17.7 Å². The highest BCUT2D eigenvalue weighted by Gasteiger charge is 2.19. The molecule has 192 valence electrons. The Morgan fingerprint density at radius 2 is 1.94 bits per heavy atom. The van der Waals surface area contributed by atoms with Crippen molar-refractivity contribution in [3.63, 3.8) is 0 Å². The number of nitrogens with one attached hydrogen (secondary N) is 2. The van der Waals surface area contributed by atoms with Crippen LogP contribution in [0.1, 0.15) is 40.0 Å². The van der Waals surface area contributed by atoms with Gasteiger partial charge in [-0.15, -0.1) is 12.4 Å². The summed E-state index contributed by atoms with van der Waals surface area (Å²) < 4.78 is 7.68. The van der Waals surface area contributed by atoms with Crippen molar-refractivity contribution in [3.05, 3.63) is 65.1 Å². The van der Waals surface area contributed by atoms with E-state index in [-0.39, 0.29) is 49.7 Å². The van der Waals surface area contributed by atoms with E-state index >= 15 is 0 Å². The Hall–Kier alpha value is -3.59. The van der Waals surface area contributed by atoms with Crippen LogP contribution >= 0.6 is 12.4 Å². The molecular formula is C26H32ClN5O4. The zero-order valence-corrected chi connectivity index (χ0v) is 21.4. The van der Waals surface area contributed by atoms with Crippen LogP contribution in [0.15, 0.2) is 42.7 Å². The van der Waals surface area contributed by atoms with Gasteiger partial charge in [0.1, 0.15) is 18.0 Å². The number of rotatable bonds is 2. The second-order valence-corrected chi connectivity index (χ2v) is 8.75. The van der Waals surface area contributed by atoms with Crippen molar-refractivity contribution >= 4 is 35.8 Å². The van der Waals surface area contributed by atoms with Crippen LogP contribution in [0.25, 0.3) is 5.65 Å². The van der Waals surface area contributed by atoms with E-state index in [0.29, 0.717) is 43.8 Å². The number of pyridine rings is 1. The Labute approximate surface area is 216 Å². The molecule has 0 saturated carbocycles. The summed E-state index contributed by atoms with van der Waals surface area (Å²) in [4.78, 5) is 44.5. The monoisotopic (exact) mass is 513 g/mol. The van der Waals surface area contributed by atoms with Crippen molar-refractivity contribution < 1.29 is 19.1 Å². The largest absolute Gasteiger partial charge is 0.491 e. The number of halogens is 1. The van der Waals surface area contributed by atoms with Crippen LogP contribution in [-0.4, -0.2) is 64.8 Å². The first-order chi connectivity index (χ1) is 16.9. The number of amides is 3. The van der Waals surface area contributed by atoms with Crippen LogP contribution < -0.4 is 15.4 Å². The summed E-state index contributed by atoms with van der Waals surface area (Å²) in [7, 11) is 0. The summed E-state index contributed by atoms with van der Waals surface area (Å²) in [6, 6.07) is 9.32. The van der Waals surface area contributed by atoms with Crippen LogP contribution in [0.5, 0.6) is 5.75 Å². The van der Waals surface area contributed by atoms with Gasteiger partial charge in [0, 0.05) is 38.4 Å². The second kappa shape index (κ2) is 12.4. The minimum Gasteiger partial charge on any atom is -0.491 e. The average molecular weight is 514 g/mol. The molecule has 3 amide bonds. The summed E-state index contributed by atoms with van der Waals surface area (Å²) in [6.07, 6.45) is 4.64. The number of benzene rings is 1. The lowest BCUT2D eigenvalue weighted by molar-refractivity contribution is -0.131. The number of carbonyl (C=O) groups excluding carboxylic acids is 3. The standard InChI is InChI=1S/C26H31N5O4.ClH/c1-18-7-8-22-21(15-18)26(34)28-9-13-30(11-4-6-23(32)27-10-14-35-22)24(33)16-20-17-29-25-19(2)5-3-12-31(20)25;/h3,5,7-8,12,15,17H,4,6,9-11,13-14,16H2,1-2H3,(H,27,32)(H,28,34);1H. The van der Waals surface area contributed by atoms with Crippen LogP contribution in [0.4, 0.5) is 0 Å². The lowest BCUT2D eigenvalue weighted by Crippen LogP contribution is -2.40. The maximum atomic E-state index is 13.2. The molecule has 1 aliphatic heterocycles. The first-order valence-corrected chi connectivity index (χ1v) is 11.9. The van der Waals surface area contributed by atoms with E-state index in [1.165, 1.54) is 0 Å². The summed E-state index contributed by atoms with van der Waals surface area (Å²) in [5, 5.41) is 5.74. The van der Waals surface area contributed by atoms with Crippen LogP contribution in [0.2, 0.25) is 0 Å². The Morgan fingerprint density at radius 3 is 2.78 bits per heavy atom. The number of nitrogens with zero attached hydrogens (tertiary/aromatic N) is 3. The molecule has 36 heavy (non-hydrogen) atoms. The molecule has 2 aromatic heterocycles. The Bertz CT molecular complexity index is 1240. The molecule has 10 heteroatoms. The van der Waals surface area contributed by atoms with E-state index in [1.54, 1.807) is 23.2 Å². The van der Waals surface area contributed by atoms with Crippen molar-refractivity contribution in [2.45, 2.75) is 33.1 Å². The van der Waals surface area contributed by atoms with Gasteiger partial charge in [0.2, 0.25) is 11.8 Å². The van der Waals surface area contributed by atoms with E-state index in [0.717, 1.165) is 22.5 Å². The van der Waals surface area contributed by atoms with Gasteiger partial charge in [-0.3, -0.25) is 14.4 Å². The fourth-order valence-corrected chi connectivity index (χ4v) is 4.18. The third kappa shape index (κ3) is 6.54. The summed E-state index contributed by atoms with van der Waals surface area (Å²) in [6.45, 7) is 5.54. The molecule has 0 spiro atoms. The molecule has 2 N–H and O–H groups in total. The topological polar surface area (TPSA) is 105 Å². The summed E-state index contributed by atoms with van der Waals surface area (Å²) in [5.74, 6) is 0.0404. The number of aryl methyl sites for hydroxylation is 2. The van der Waals surface area contributed by atoms with Gasteiger partial charge in [0.15, 0.2) is 0 Å². The zero-order chi connectivity index (χ0) is 24.8. The molecule has 3 heterocycles. The van der Waals surface area contributed by atoms with E-state index in [9.17, 15) is 14.4 Å². The molecule has 0 aliphatic carbocycles. The van der Waals surface area contributed by atoms with Gasteiger partial charge in [-0.25, -0.2) is 4.98 Å². The molecule has 0 fully saturated rings. The summed E-state index contributed by atoms with van der Waals surface area (Å²) >= 11 is 0. The lowest BCUT2D eigenvalue weighted by atomic mass is 10.1. The van der Waals surface area contributed by atoms with Gasteiger partial charge in [0.05, 0.1) is 24.2 Å². The smallest absolute Gasteiger partial charge is 0.255 e. The van der Waals surface area contributed by atoms with Crippen LogP contribution in [0.3, 0.4) is 0 Å². The van der Waals surface area contributed by atoms with E-state index < -0.39 is 0 Å². The van der Waals surface area contributed by atoms with Crippen LogP contribution in [0, 0.1) is 13.8 Å². The molecule has 0 bridgehead atoms. The van der Waals surface area contributed by atoms with Crippen molar-refractivity contribution in [1.29, 1.82) is 0 Å². The highest BCUT2D eigenvalue weighted by atomic mass is 35.5. The zero-order valence-electron chi connectivity index (χ0n) is 20.6. The molecule has 0 unspecified atom stereocenters. The van der Waals surface area contributed by atoms with Crippen molar-refractivity contribution in [2.75, 3.05) is 32.8 Å². The molecule has 3 aromatic rings. The molecule has 1 aromatic carbocycles. The predicted octanol–water partition coefficient (Wildman–Crippen LogP) is 2.46. The number of carbonyl (C=O) groups is 3. The Balaban J connectivity index is 0.00000361. The van der Waals surface area contributed by atoms with Gasteiger partial charge in [-0.2, -0.15) is 0 Å². The number of imidazole rings is 1. The van der Waals surface area contributed by atoms with E-state index in [4.69, 9.17) is 4.74 Å². The Morgan fingerprint density at radius 1 is 1.11 bits per heavy atom. The third-order valence-electron chi connectivity index (χ3n) is 6.05. The maximum absolute atomic E-state index is 13.2. The predicted molar refractivity (Wildman–Crippen MR) is 139 cm³/mol. The highest BCUT2D eigenvalue weighted by Crippen LogP contribution is 2.20. The van der Waals surface area contributed by atoms with Crippen molar-refractivity contribution in [1.82, 2.24) is 24.9 Å². The fraction of sp³-hybridized carbons (Fsp3) is 0.385. The normalized spacial score (nSPS) is 15.4. The van der Waals surface area contributed by atoms with Gasteiger partial charge in [-0.05, 0) is 44.0 Å². The van der Waals surface area contributed by atoms with E-state index in [2.05, 4.69) is 15.6 Å². The maximum Gasteiger partial charge on any atom is 0.255 e. The average Bonchev–Trinajstić information content (AvgIpc) is 3.24. The molecule has 4 rings (SSSR count). The number of hydrogen-bond donors (Lipinski definition) is 2. The number of fused-ring (bicyclic) bond motifs is 2. The van der Waals surface area contributed by atoms with Gasteiger partial charge >= 0.3 is 0 Å². The molecule has 0 atom stereocenters. The molecule has 0 radical (unpaired) electrons. The quantitative estimate of drug-likeness (QED) is 0.547. The molecule has 9 nitrogen and oxygen atoms in total. The minimum atomic E-state index is -0.257. The molecule has 0 saturated heterocycles. The second-order valence-electron chi connectivity index (χ2n) is 8.75.